The van der Waals surface area contributed by atoms with Gasteiger partial charge in [-0.15, -0.1) is 11.3 Å². The fraction of sp³-hybridized carbons (Fsp3) is 0.471. The van der Waals surface area contributed by atoms with Gasteiger partial charge in [0.2, 0.25) is 0 Å². The maximum Gasteiger partial charge on any atom is 0.133 e. The van der Waals surface area contributed by atoms with Crippen LogP contribution < -0.4 is 10.1 Å². The molecule has 0 amide bonds. The Morgan fingerprint density at radius 1 is 1.38 bits per heavy atom. The van der Waals surface area contributed by atoms with E-state index in [4.69, 9.17) is 4.74 Å². The number of benzene rings is 1. The quantitative estimate of drug-likeness (QED) is 0.933. The van der Waals surface area contributed by atoms with E-state index in [2.05, 4.69) is 42.3 Å². The molecule has 2 aromatic rings. The molecule has 4 rings (SSSR count). The minimum absolute atomic E-state index is 0.105. The molecule has 2 heterocycles. The third-order valence-corrected chi connectivity index (χ3v) is 5.05. The number of nitrogens with one attached hydrogen (secondary N) is 1. The number of ether oxygens (including phenoxy) is 1. The average molecular weight is 300 g/mol. The Hall–Kier alpha value is -1.39. The van der Waals surface area contributed by atoms with Crippen molar-refractivity contribution >= 4 is 11.3 Å². The van der Waals surface area contributed by atoms with Crippen LogP contribution in [0, 0.1) is 0 Å². The molecule has 3 nitrogen and oxygen atoms in total. The minimum atomic E-state index is -0.105. The summed E-state index contributed by atoms with van der Waals surface area (Å²) in [4.78, 5) is 5.91. The predicted molar refractivity (Wildman–Crippen MR) is 85.8 cm³/mol. The summed E-state index contributed by atoms with van der Waals surface area (Å²) < 4.78 is 6.15. The Morgan fingerprint density at radius 3 is 3.05 bits per heavy atom. The highest BCUT2D eigenvalue weighted by atomic mass is 32.1. The van der Waals surface area contributed by atoms with E-state index in [0.29, 0.717) is 0 Å². The molecule has 21 heavy (non-hydrogen) atoms. The van der Waals surface area contributed by atoms with Gasteiger partial charge in [0.1, 0.15) is 16.4 Å². The van der Waals surface area contributed by atoms with E-state index in [1.54, 1.807) is 11.3 Å². The van der Waals surface area contributed by atoms with Gasteiger partial charge in [0.25, 0.3) is 0 Å². The summed E-state index contributed by atoms with van der Waals surface area (Å²) in [5.74, 6) is 1.03. The maximum absolute atomic E-state index is 6.15. The van der Waals surface area contributed by atoms with Crippen LogP contribution in [-0.2, 0) is 13.0 Å². The van der Waals surface area contributed by atoms with Gasteiger partial charge in [-0.05, 0) is 38.3 Å². The van der Waals surface area contributed by atoms with Gasteiger partial charge in [-0.3, -0.25) is 0 Å². The van der Waals surface area contributed by atoms with E-state index in [1.807, 2.05) is 6.20 Å². The monoisotopic (exact) mass is 300 g/mol. The summed E-state index contributed by atoms with van der Waals surface area (Å²) in [7, 11) is 0. The van der Waals surface area contributed by atoms with Gasteiger partial charge in [0, 0.05) is 30.1 Å². The Morgan fingerprint density at radius 2 is 2.24 bits per heavy atom. The molecule has 1 aromatic carbocycles. The molecule has 0 bridgehead atoms. The lowest BCUT2D eigenvalue weighted by atomic mass is 10.0. The molecule has 1 saturated carbocycles. The van der Waals surface area contributed by atoms with Crippen molar-refractivity contribution in [2.45, 2.75) is 51.3 Å². The van der Waals surface area contributed by atoms with Crippen LogP contribution in [0.25, 0.3) is 10.6 Å². The van der Waals surface area contributed by atoms with Crippen molar-refractivity contribution in [3.63, 3.8) is 0 Å². The molecule has 0 unspecified atom stereocenters. The number of thiazole rings is 1. The first kappa shape index (κ1) is 13.3. The van der Waals surface area contributed by atoms with E-state index in [9.17, 15) is 0 Å². The number of hydrogen-bond acceptors (Lipinski definition) is 4. The van der Waals surface area contributed by atoms with Gasteiger partial charge in [-0.25, -0.2) is 4.98 Å². The van der Waals surface area contributed by atoms with Crippen LogP contribution in [-0.4, -0.2) is 16.6 Å². The smallest absolute Gasteiger partial charge is 0.133 e. The lowest BCUT2D eigenvalue weighted by molar-refractivity contribution is 0.139. The number of hydrogen-bond donors (Lipinski definition) is 1. The highest BCUT2D eigenvalue weighted by Crippen LogP contribution is 2.43. The van der Waals surface area contributed by atoms with Crippen LogP contribution in [0.15, 0.2) is 24.4 Å². The van der Waals surface area contributed by atoms with E-state index < -0.39 is 0 Å². The van der Waals surface area contributed by atoms with Gasteiger partial charge in [-0.1, -0.05) is 12.1 Å². The zero-order valence-corrected chi connectivity index (χ0v) is 13.3. The zero-order chi connectivity index (χ0) is 14.4. The lowest BCUT2D eigenvalue weighted by Gasteiger charge is -2.17. The molecule has 1 aliphatic carbocycles. The molecule has 0 atom stereocenters. The molecule has 1 N–H and O–H groups in total. The standard InChI is InChI=1S/C17H20N2OS/c1-17(2)8-11-4-3-5-14(15(11)20-17)16-19-10-13(21-16)9-18-12-6-7-12/h3-5,10,12,18H,6-9H2,1-2H3. The summed E-state index contributed by atoms with van der Waals surface area (Å²) in [5, 5.41) is 4.61. The van der Waals surface area contributed by atoms with Crippen molar-refractivity contribution in [3.8, 4) is 16.3 Å². The highest BCUT2D eigenvalue weighted by Gasteiger charge is 2.32. The molecule has 2 aliphatic rings. The molecular formula is C17H20N2OS. The third-order valence-electron chi connectivity index (χ3n) is 4.02. The molecule has 110 valence electrons. The Labute approximate surface area is 129 Å². The van der Waals surface area contributed by atoms with Crippen LogP contribution in [0.4, 0.5) is 0 Å². The zero-order valence-electron chi connectivity index (χ0n) is 12.5. The molecular weight excluding hydrogens is 280 g/mol. The van der Waals surface area contributed by atoms with Crippen molar-refractivity contribution in [3.05, 3.63) is 34.8 Å². The van der Waals surface area contributed by atoms with E-state index in [1.165, 1.54) is 23.3 Å². The molecule has 0 saturated heterocycles. The first-order valence-corrected chi connectivity index (χ1v) is 8.42. The molecule has 1 aromatic heterocycles. The second kappa shape index (κ2) is 4.82. The topological polar surface area (TPSA) is 34.2 Å². The van der Waals surface area contributed by atoms with Crippen LogP contribution in [0.3, 0.4) is 0 Å². The number of fused-ring (bicyclic) bond motifs is 1. The largest absolute Gasteiger partial charge is 0.486 e. The minimum Gasteiger partial charge on any atom is -0.486 e. The summed E-state index contributed by atoms with van der Waals surface area (Å²) in [6.45, 7) is 5.22. The van der Waals surface area contributed by atoms with Gasteiger partial charge < -0.3 is 10.1 Å². The van der Waals surface area contributed by atoms with Crippen molar-refractivity contribution < 1.29 is 4.74 Å². The number of nitrogens with zero attached hydrogens (tertiary/aromatic N) is 1. The molecule has 0 radical (unpaired) electrons. The Kier molecular flexibility index (Phi) is 3.05. The number of aromatic nitrogens is 1. The summed E-state index contributed by atoms with van der Waals surface area (Å²) in [5.41, 5.74) is 2.33. The highest BCUT2D eigenvalue weighted by molar-refractivity contribution is 7.15. The third kappa shape index (κ3) is 2.70. The number of rotatable bonds is 4. The SMILES string of the molecule is CC1(C)Cc2cccc(-c3ncc(CNC4CC4)s3)c2O1. The molecule has 4 heteroatoms. The van der Waals surface area contributed by atoms with E-state index in [-0.39, 0.29) is 5.60 Å². The Bertz CT molecular complexity index is 673. The first-order valence-electron chi connectivity index (χ1n) is 7.60. The van der Waals surface area contributed by atoms with Crippen molar-refractivity contribution in [1.82, 2.24) is 10.3 Å². The van der Waals surface area contributed by atoms with Crippen LogP contribution in [0.2, 0.25) is 0 Å². The second-order valence-corrected chi connectivity index (χ2v) is 7.73. The normalized spacial score (nSPS) is 19.3. The van der Waals surface area contributed by atoms with Crippen molar-refractivity contribution in [1.29, 1.82) is 0 Å². The average Bonchev–Trinajstić information content (AvgIpc) is 3.04. The molecule has 1 aliphatic heterocycles. The maximum atomic E-state index is 6.15. The summed E-state index contributed by atoms with van der Waals surface area (Å²) >= 11 is 1.77. The number of para-hydroxylation sites is 1. The first-order chi connectivity index (χ1) is 10.1. The summed E-state index contributed by atoms with van der Waals surface area (Å²) in [6, 6.07) is 7.14. The molecule has 0 spiro atoms. The second-order valence-electron chi connectivity index (χ2n) is 6.62. The Balaban J connectivity index is 1.61. The van der Waals surface area contributed by atoms with E-state index in [0.717, 1.165) is 35.3 Å². The lowest BCUT2D eigenvalue weighted by Crippen LogP contribution is -2.24. The predicted octanol–water partition coefficient (Wildman–Crippen LogP) is 3.78. The summed E-state index contributed by atoms with van der Waals surface area (Å²) in [6.07, 6.45) is 5.61. The van der Waals surface area contributed by atoms with Crippen molar-refractivity contribution in [2.24, 2.45) is 0 Å². The van der Waals surface area contributed by atoms with Gasteiger partial charge >= 0.3 is 0 Å². The van der Waals surface area contributed by atoms with Crippen LogP contribution in [0.1, 0.15) is 37.1 Å². The molecule has 1 fully saturated rings. The van der Waals surface area contributed by atoms with Crippen LogP contribution >= 0.6 is 11.3 Å². The van der Waals surface area contributed by atoms with E-state index >= 15 is 0 Å². The van der Waals surface area contributed by atoms with Gasteiger partial charge in [0.05, 0.1) is 5.56 Å². The van der Waals surface area contributed by atoms with Crippen LogP contribution in [0.5, 0.6) is 5.75 Å². The fourth-order valence-corrected chi connectivity index (χ4v) is 3.72. The van der Waals surface area contributed by atoms with Crippen molar-refractivity contribution in [2.75, 3.05) is 0 Å². The van der Waals surface area contributed by atoms with Gasteiger partial charge in [-0.2, -0.15) is 0 Å². The fourth-order valence-electron chi connectivity index (χ4n) is 2.83. The van der Waals surface area contributed by atoms with Gasteiger partial charge in [0.15, 0.2) is 0 Å².